The molecule has 8 nitrogen and oxygen atoms in total. The number of amides is 1. The van der Waals surface area contributed by atoms with Crippen molar-refractivity contribution in [3.8, 4) is 17.2 Å². The third kappa shape index (κ3) is 6.65. The maximum absolute atomic E-state index is 13.8. The predicted octanol–water partition coefficient (Wildman–Crippen LogP) is 5.53. The molecule has 9 heteroatoms. The Balaban J connectivity index is 1.98. The largest absolute Gasteiger partial charge is 0.496 e. The van der Waals surface area contributed by atoms with Crippen LogP contribution < -0.4 is 23.8 Å². The smallest absolute Gasteiger partial charge is 0.264 e. The summed E-state index contributed by atoms with van der Waals surface area (Å²) < 4.78 is 44.9. The van der Waals surface area contributed by atoms with Crippen molar-refractivity contribution in [2.75, 3.05) is 32.2 Å². The van der Waals surface area contributed by atoms with Crippen LogP contribution >= 0.6 is 0 Å². The van der Waals surface area contributed by atoms with Crippen molar-refractivity contribution in [1.29, 1.82) is 0 Å². The number of sulfonamides is 1. The van der Waals surface area contributed by atoms with Crippen LogP contribution in [-0.4, -0.2) is 42.2 Å². The topological polar surface area (TPSA) is 94.2 Å². The van der Waals surface area contributed by atoms with Gasteiger partial charge in [0.2, 0.25) is 5.91 Å². The Morgan fingerprint density at radius 1 is 0.821 bits per heavy atom. The molecule has 1 atom stereocenters. The molecule has 0 bridgehead atoms. The lowest BCUT2D eigenvalue weighted by Gasteiger charge is -2.26. The molecular formula is C30H38N2O6S. The maximum atomic E-state index is 13.8. The standard InChI is InChI=1S/C30H38N2O6S/c1-19(2)25-17-26(21(4)15-28(25)37-7)22(5)31-30(33)18-32(23-11-14-27(36-6)29(16-23)38-8)39(34,35)24-12-9-20(3)10-13-24/h9-17,19,22H,18H2,1-8H3,(H,31,33)/t22-/m0/s1. The number of carbonyl (C=O) groups excluding carboxylic acids is 1. The van der Waals surface area contributed by atoms with Crippen LogP contribution in [0.5, 0.6) is 17.2 Å². The molecule has 0 aliphatic heterocycles. The van der Waals surface area contributed by atoms with E-state index in [1.807, 2.05) is 32.9 Å². The molecule has 0 unspecified atom stereocenters. The minimum atomic E-state index is -4.09. The molecule has 0 saturated carbocycles. The second-order valence-corrected chi connectivity index (χ2v) is 11.6. The number of rotatable bonds is 11. The van der Waals surface area contributed by atoms with Gasteiger partial charge in [-0.05, 0) is 79.8 Å². The van der Waals surface area contributed by atoms with Gasteiger partial charge in [0.05, 0.1) is 38.0 Å². The number of hydrogen-bond acceptors (Lipinski definition) is 6. The van der Waals surface area contributed by atoms with Crippen molar-refractivity contribution in [3.63, 3.8) is 0 Å². The third-order valence-electron chi connectivity index (χ3n) is 6.64. The molecule has 210 valence electrons. The first-order chi connectivity index (χ1) is 18.4. The Hall–Kier alpha value is -3.72. The average molecular weight is 555 g/mol. The van der Waals surface area contributed by atoms with Gasteiger partial charge in [-0.15, -0.1) is 0 Å². The van der Waals surface area contributed by atoms with Gasteiger partial charge >= 0.3 is 0 Å². The van der Waals surface area contributed by atoms with Gasteiger partial charge in [-0.25, -0.2) is 8.42 Å². The summed E-state index contributed by atoms with van der Waals surface area (Å²) in [4.78, 5) is 13.5. The number of ether oxygens (including phenoxy) is 3. The first-order valence-corrected chi connectivity index (χ1v) is 14.2. The van der Waals surface area contributed by atoms with Gasteiger partial charge in [-0.2, -0.15) is 0 Å². The number of anilines is 1. The molecule has 0 aliphatic rings. The van der Waals surface area contributed by atoms with E-state index in [1.165, 1.54) is 26.4 Å². The minimum Gasteiger partial charge on any atom is -0.496 e. The Morgan fingerprint density at radius 3 is 2.00 bits per heavy atom. The number of benzene rings is 3. The molecule has 0 saturated heterocycles. The zero-order chi connectivity index (χ0) is 28.9. The number of methoxy groups -OCH3 is 3. The predicted molar refractivity (Wildman–Crippen MR) is 154 cm³/mol. The molecule has 0 heterocycles. The number of nitrogens with one attached hydrogen (secondary N) is 1. The lowest BCUT2D eigenvalue weighted by molar-refractivity contribution is -0.120. The average Bonchev–Trinajstić information content (AvgIpc) is 2.90. The van der Waals surface area contributed by atoms with E-state index >= 15 is 0 Å². The zero-order valence-corrected chi connectivity index (χ0v) is 24.7. The fourth-order valence-electron chi connectivity index (χ4n) is 4.44. The molecule has 3 rings (SSSR count). The normalized spacial score (nSPS) is 12.1. The van der Waals surface area contributed by atoms with Gasteiger partial charge in [0.15, 0.2) is 11.5 Å². The first-order valence-electron chi connectivity index (χ1n) is 12.7. The van der Waals surface area contributed by atoms with E-state index in [0.29, 0.717) is 11.5 Å². The number of nitrogens with zero attached hydrogens (tertiary/aromatic N) is 1. The van der Waals surface area contributed by atoms with E-state index in [9.17, 15) is 13.2 Å². The quantitative estimate of drug-likeness (QED) is 0.335. The van der Waals surface area contributed by atoms with Crippen molar-refractivity contribution < 1.29 is 27.4 Å². The van der Waals surface area contributed by atoms with Crippen molar-refractivity contribution >= 4 is 21.6 Å². The summed E-state index contributed by atoms with van der Waals surface area (Å²) in [6.45, 7) is 9.45. The summed E-state index contributed by atoms with van der Waals surface area (Å²) in [5.74, 6) is 1.37. The fourth-order valence-corrected chi connectivity index (χ4v) is 5.85. The van der Waals surface area contributed by atoms with Crippen molar-refractivity contribution in [1.82, 2.24) is 5.32 Å². The molecule has 0 spiro atoms. The lowest BCUT2D eigenvalue weighted by Crippen LogP contribution is -2.41. The highest BCUT2D eigenvalue weighted by Gasteiger charge is 2.29. The maximum Gasteiger partial charge on any atom is 0.264 e. The molecule has 0 aliphatic carbocycles. The SMILES string of the molecule is COc1ccc(N(CC(=O)N[C@@H](C)c2cc(C(C)C)c(OC)cc2C)S(=O)(=O)c2ccc(C)cc2)cc1OC. The van der Waals surface area contributed by atoms with Crippen LogP contribution in [0.2, 0.25) is 0 Å². The van der Waals surface area contributed by atoms with Crippen LogP contribution in [0, 0.1) is 13.8 Å². The van der Waals surface area contributed by atoms with E-state index in [-0.39, 0.29) is 22.5 Å². The van der Waals surface area contributed by atoms with Crippen LogP contribution in [0.4, 0.5) is 5.69 Å². The molecule has 0 fully saturated rings. The Labute approximate surface area is 231 Å². The van der Waals surface area contributed by atoms with Crippen LogP contribution in [0.3, 0.4) is 0 Å². The fraction of sp³-hybridized carbons (Fsp3) is 0.367. The highest BCUT2D eigenvalue weighted by molar-refractivity contribution is 7.92. The van der Waals surface area contributed by atoms with Crippen LogP contribution in [0.1, 0.15) is 55.0 Å². The Kier molecular flexibility index (Phi) is 9.50. The number of aryl methyl sites for hydroxylation is 2. The van der Waals surface area contributed by atoms with Gasteiger partial charge in [0.25, 0.3) is 10.0 Å². The van der Waals surface area contributed by atoms with Gasteiger partial charge in [-0.1, -0.05) is 31.5 Å². The summed E-state index contributed by atoms with van der Waals surface area (Å²) in [6.07, 6.45) is 0. The first kappa shape index (κ1) is 29.8. The number of carbonyl (C=O) groups is 1. The molecule has 1 N–H and O–H groups in total. The lowest BCUT2D eigenvalue weighted by atomic mass is 9.93. The van der Waals surface area contributed by atoms with E-state index in [0.717, 1.165) is 32.3 Å². The monoisotopic (exact) mass is 554 g/mol. The zero-order valence-electron chi connectivity index (χ0n) is 23.9. The van der Waals surface area contributed by atoms with Gasteiger partial charge < -0.3 is 19.5 Å². The van der Waals surface area contributed by atoms with Crippen LogP contribution in [0.15, 0.2) is 59.5 Å². The van der Waals surface area contributed by atoms with Gasteiger partial charge in [0.1, 0.15) is 12.3 Å². The number of hydrogen-bond donors (Lipinski definition) is 1. The van der Waals surface area contributed by atoms with E-state index in [4.69, 9.17) is 14.2 Å². The Bertz CT molecular complexity index is 1420. The van der Waals surface area contributed by atoms with Gasteiger partial charge in [0, 0.05) is 6.07 Å². The molecule has 39 heavy (non-hydrogen) atoms. The summed E-state index contributed by atoms with van der Waals surface area (Å²) in [6, 6.07) is 14.9. The molecule has 3 aromatic rings. The molecule has 3 aromatic carbocycles. The van der Waals surface area contributed by atoms with E-state index in [1.54, 1.807) is 37.4 Å². The summed E-state index contributed by atoms with van der Waals surface area (Å²) >= 11 is 0. The summed E-state index contributed by atoms with van der Waals surface area (Å²) in [5, 5.41) is 2.98. The molecule has 1 amide bonds. The van der Waals surface area contributed by atoms with E-state index < -0.39 is 22.5 Å². The van der Waals surface area contributed by atoms with Gasteiger partial charge in [-0.3, -0.25) is 9.10 Å². The van der Waals surface area contributed by atoms with Crippen molar-refractivity contribution in [3.05, 3.63) is 76.9 Å². The minimum absolute atomic E-state index is 0.0799. The van der Waals surface area contributed by atoms with Crippen molar-refractivity contribution in [2.45, 2.75) is 51.5 Å². The molecule has 0 aromatic heterocycles. The highest BCUT2D eigenvalue weighted by atomic mass is 32.2. The Morgan fingerprint density at radius 2 is 1.44 bits per heavy atom. The van der Waals surface area contributed by atoms with Crippen molar-refractivity contribution in [2.24, 2.45) is 0 Å². The third-order valence-corrected chi connectivity index (χ3v) is 8.42. The summed E-state index contributed by atoms with van der Waals surface area (Å²) in [5.41, 5.74) is 4.14. The van der Waals surface area contributed by atoms with E-state index in [2.05, 4.69) is 19.2 Å². The van der Waals surface area contributed by atoms with Crippen LogP contribution in [-0.2, 0) is 14.8 Å². The molecular weight excluding hydrogens is 516 g/mol. The summed E-state index contributed by atoms with van der Waals surface area (Å²) in [7, 11) is 0.524. The second kappa shape index (κ2) is 12.4. The highest BCUT2D eigenvalue weighted by Crippen LogP contribution is 2.35. The van der Waals surface area contributed by atoms with Crippen LogP contribution in [0.25, 0.3) is 0 Å². The second-order valence-electron chi connectivity index (χ2n) is 9.76. The molecule has 0 radical (unpaired) electrons.